The molecule has 100 valence electrons. The number of hydrogen-bond acceptors (Lipinski definition) is 2. The Bertz CT molecular complexity index is 673. The summed E-state index contributed by atoms with van der Waals surface area (Å²) in [5, 5.41) is 0. The zero-order chi connectivity index (χ0) is 13.4. The molecular weight excluding hydrogens is 308 g/mol. The summed E-state index contributed by atoms with van der Waals surface area (Å²) in [7, 11) is 0. The molecule has 0 unspecified atom stereocenters. The van der Waals surface area contributed by atoms with Crippen LogP contribution in [0.4, 0.5) is 0 Å². The number of imidazole rings is 1. The Labute approximate surface area is 119 Å². The molecule has 1 aromatic heterocycles. The van der Waals surface area contributed by atoms with Crippen LogP contribution in [-0.2, 0) is 19.5 Å². The van der Waals surface area contributed by atoms with Crippen molar-refractivity contribution >= 4 is 15.9 Å². The Morgan fingerprint density at radius 3 is 2.84 bits per heavy atom. The minimum Gasteiger partial charge on any atom is -0.493 e. The largest absolute Gasteiger partial charge is 0.493 e. The number of aryl methyl sites for hydroxylation is 1. The highest BCUT2D eigenvalue weighted by atomic mass is 79.9. The third kappa shape index (κ3) is 2.23. The minimum atomic E-state index is 0.0224. The smallest absolute Gasteiger partial charge is 0.328 e. The van der Waals surface area contributed by atoms with Crippen molar-refractivity contribution in [2.75, 3.05) is 6.61 Å². The van der Waals surface area contributed by atoms with E-state index in [4.69, 9.17) is 4.74 Å². The first-order valence-corrected chi connectivity index (χ1v) is 7.18. The van der Waals surface area contributed by atoms with Gasteiger partial charge in [0.25, 0.3) is 0 Å². The number of hydrogen-bond donors (Lipinski definition) is 0. The molecule has 0 N–H and O–H groups in total. The lowest BCUT2D eigenvalue weighted by Gasteiger charge is -2.09. The summed E-state index contributed by atoms with van der Waals surface area (Å²) in [5.74, 6) is 0.944. The van der Waals surface area contributed by atoms with Gasteiger partial charge < -0.3 is 4.74 Å². The molecule has 0 radical (unpaired) electrons. The van der Waals surface area contributed by atoms with Gasteiger partial charge in [-0.15, -0.1) is 0 Å². The molecule has 2 heterocycles. The summed E-state index contributed by atoms with van der Waals surface area (Å²) in [6.45, 7) is 3.93. The summed E-state index contributed by atoms with van der Waals surface area (Å²) < 4.78 is 10.1. The predicted octanol–water partition coefficient (Wildman–Crippen LogP) is 2.42. The fraction of sp³-hybridized carbons (Fsp3) is 0.357. The van der Waals surface area contributed by atoms with E-state index in [-0.39, 0.29) is 5.69 Å². The van der Waals surface area contributed by atoms with E-state index in [0.717, 1.165) is 28.8 Å². The molecule has 1 aliphatic heterocycles. The number of nitrogens with zero attached hydrogens (tertiary/aromatic N) is 2. The highest BCUT2D eigenvalue weighted by molar-refractivity contribution is 9.10. The number of ether oxygens (including phenoxy) is 1. The second-order valence-electron chi connectivity index (χ2n) is 4.65. The van der Waals surface area contributed by atoms with E-state index in [0.29, 0.717) is 13.1 Å². The quantitative estimate of drug-likeness (QED) is 0.870. The van der Waals surface area contributed by atoms with Gasteiger partial charge >= 0.3 is 5.69 Å². The van der Waals surface area contributed by atoms with Crippen LogP contribution in [0.1, 0.15) is 18.1 Å². The zero-order valence-electron chi connectivity index (χ0n) is 10.7. The molecule has 5 heteroatoms. The minimum absolute atomic E-state index is 0.0224. The van der Waals surface area contributed by atoms with Crippen LogP contribution in [0.25, 0.3) is 0 Å². The standard InChI is InChI=1S/C14H15BrN2O2/c1-2-16-4-5-17(14(16)18)9-11-8-12(15)7-10-3-6-19-13(10)11/h4-5,7-8H,2-3,6,9H2,1H3. The van der Waals surface area contributed by atoms with Crippen LogP contribution in [0.2, 0.25) is 0 Å². The van der Waals surface area contributed by atoms with Crippen molar-refractivity contribution in [3.05, 3.63) is 50.6 Å². The van der Waals surface area contributed by atoms with Crippen LogP contribution >= 0.6 is 15.9 Å². The van der Waals surface area contributed by atoms with E-state index >= 15 is 0 Å². The summed E-state index contributed by atoms with van der Waals surface area (Å²) >= 11 is 3.52. The summed E-state index contributed by atoms with van der Waals surface area (Å²) in [4.78, 5) is 12.1. The molecular formula is C14H15BrN2O2. The number of rotatable bonds is 3. The summed E-state index contributed by atoms with van der Waals surface area (Å²) in [6, 6.07) is 4.12. The molecule has 0 bridgehead atoms. The molecule has 0 saturated heterocycles. The highest BCUT2D eigenvalue weighted by Crippen LogP contribution is 2.33. The molecule has 0 spiro atoms. The van der Waals surface area contributed by atoms with Crippen molar-refractivity contribution in [1.82, 2.24) is 9.13 Å². The Kier molecular flexibility index (Phi) is 3.22. The van der Waals surface area contributed by atoms with Crippen LogP contribution < -0.4 is 10.4 Å². The van der Waals surface area contributed by atoms with Crippen molar-refractivity contribution in [2.24, 2.45) is 0 Å². The van der Waals surface area contributed by atoms with E-state index in [1.54, 1.807) is 9.13 Å². The fourth-order valence-corrected chi connectivity index (χ4v) is 3.01. The van der Waals surface area contributed by atoms with E-state index in [2.05, 4.69) is 22.0 Å². The molecule has 3 rings (SSSR count). The Morgan fingerprint density at radius 2 is 2.11 bits per heavy atom. The number of benzene rings is 1. The van der Waals surface area contributed by atoms with E-state index in [1.807, 2.05) is 25.4 Å². The number of fused-ring (bicyclic) bond motifs is 1. The summed E-state index contributed by atoms with van der Waals surface area (Å²) in [5.41, 5.74) is 2.29. The Morgan fingerprint density at radius 1 is 1.32 bits per heavy atom. The van der Waals surface area contributed by atoms with E-state index in [9.17, 15) is 4.79 Å². The third-order valence-corrected chi connectivity index (χ3v) is 3.88. The number of aromatic nitrogens is 2. The van der Waals surface area contributed by atoms with Gasteiger partial charge in [-0.05, 0) is 24.6 Å². The number of halogens is 1. The van der Waals surface area contributed by atoms with Gasteiger partial charge in [0.1, 0.15) is 5.75 Å². The average Bonchev–Trinajstić information content (AvgIpc) is 2.97. The Hall–Kier alpha value is -1.49. The first kappa shape index (κ1) is 12.5. The monoisotopic (exact) mass is 322 g/mol. The van der Waals surface area contributed by atoms with Crippen LogP contribution in [0.3, 0.4) is 0 Å². The van der Waals surface area contributed by atoms with Gasteiger partial charge in [-0.25, -0.2) is 4.79 Å². The van der Waals surface area contributed by atoms with Gasteiger partial charge in [-0.2, -0.15) is 0 Å². The zero-order valence-corrected chi connectivity index (χ0v) is 12.3. The van der Waals surface area contributed by atoms with Gasteiger partial charge in [-0.3, -0.25) is 9.13 Å². The molecule has 0 fully saturated rings. The van der Waals surface area contributed by atoms with Crippen molar-refractivity contribution in [3.8, 4) is 5.75 Å². The average molecular weight is 323 g/mol. The molecule has 0 atom stereocenters. The summed E-state index contributed by atoms with van der Waals surface area (Å²) in [6.07, 6.45) is 4.59. The topological polar surface area (TPSA) is 36.2 Å². The fourth-order valence-electron chi connectivity index (χ4n) is 2.46. The third-order valence-electron chi connectivity index (χ3n) is 3.42. The lowest BCUT2D eigenvalue weighted by molar-refractivity contribution is 0.352. The van der Waals surface area contributed by atoms with Crippen LogP contribution in [-0.4, -0.2) is 15.7 Å². The molecule has 1 aliphatic rings. The second-order valence-corrected chi connectivity index (χ2v) is 5.56. The maximum absolute atomic E-state index is 12.1. The van der Waals surface area contributed by atoms with Gasteiger partial charge in [0.2, 0.25) is 0 Å². The SMILES string of the molecule is CCn1ccn(Cc2cc(Br)cc3c2OCC3)c1=O. The highest BCUT2D eigenvalue weighted by Gasteiger charge is 2.18. The maximum atomic E-state index is 12.1. The lowest BCUT2D eigenvalue weighted by atomic mass is 10.1. The molecule has 19 heavy (non-hydrogen) atoms. The second kappa shape index (κ2) is 4.89. The van der Waals surface area contributed by atoms with Crippen molar-refractivity contribution in [3.63, 3.8) is 0 Å². The van der Waals surface area contributed by atoms with E-state index < -0.39 is 0 Å². The van der Waals surface area contributed by atoms with Crippen molar-refractivity contribution < 1.29 is 4.74 Å². The first-order chi connectivity index (χ1) is 9.19. The van der Waals surface area contributed by atoms with Gasteiger partial charge in [0.05, 0.1) is 13.2 Å². The van der Waals surface area contributed by atoms with Crippen molar-refractivity contribution in [2.45, 2.75) is 26.4 Å². The maximum Gasteiger partial charge on any atom is 0.328 e. The molecule has 1 aromatic carbocycles. The molecule has 2 aromatic rings. The van der Waals surface area contributed by atoms with Gasteiger partial charge in [0.15, 0.2) is 0 Å². The first-order valence-electron chi connectivity index (χ1n) is 6.38. The molecule has 0 saturated carbocycles. The van der Waals surface area contributed by atoms with Crippen LogP contribution in [0.15, 0.2) is 33.8 Å². The predicted molar refractivity (Wildman–Crippen MR) is 76.8 cm³/mol. The molecule has 0 aliphatic carbocycles. The molecule has 4 nitrogen and oxygen atoms in total. The van der Waals surface area contributed by atoms with Crippen LogP contribution in [0.5, 0.6) is 5.75 Å². The Balaban J connectivity index is 1.99. The lowest BCUT2D eigenvalue weighted by Crippen LogP contribution is -2.23. The van der Waals surface area contributed by atoms with Crippen LogP contribution in [0, 0.1) is 0 Å². The van der Waals surface area contributed by atoms with Gasteiger partial charge in [0, 0.05) is 35.4 Å². The molecule has 0 amide bonds. The van der Waals surface area contributed by atoms with E-state index in [1.165, 1.54) is 5.56 Å². The van der Waals surface area contributed by atoms with Crippen molar-refractivity contribution in [1.29, 1.82) is 0 Å². The normalized spacial score (nSPS) is 13.4. The van der Waals surface area contributed by atoms with Gasteiger partial charge in [-0.1, -0.05) is 15.9 Å².